The summed E-state index contributed by atoms with van der Waals surface area (Å²) in [4.78, 5) is 18.7. The average Bonchev–Trinajstić information content (AvgIpc) is 3.05. The molecule has 4 rings (SSSR count). The first-order chi connectivity index (χ1) is 12.7. The van der Waals surface area contributed by atoms with Crippen LogP contribution < -0.4 is 15.6 Å². The molecule has 129 valence electrons. The summed E-state index contributed by atoms with van der Waals surface area (Å²) in [5.74, 6) is 0. The normalized spacial score (nSPS) is 11.5. The van der Waals surface area contributed by atoms with Crippen molar-refractivity contribution < 1.29 is 0 Å². The average molecular weight is 404 g/mol. The molecule has 5 heteroatoms. The third kappa shape index (κ3) is 3.47. The molecule has 0 fully saturated rings. The van der Waals surface area contributed by atoms with Crippen LogP contribution in [-0.2, 0) is 6.42 Å². The minimum absolute atomic E-state index is 0.0444. The molecular weight excluding hydrogens is 385 g/mol. The zero-order valence-electron chi connectivity index (χ0n) is 14.2. The topological polar surface area (TPSA) is 74.7 Å². The molecule has 1 radical (unpaired) electrons. The van der Waals surface area contributed by atoms with E-state index in [9.17, 15) is 4.79 Å². The zero-order valence-corrected chi connectivity index (χ0v) is 16.1. The number of anilines is 1. The molecule has 2 heterocycles. The SMILES string of the molecule is Nc1ccc2cc(-c3c([As]CCc4ccccc4)cc[nH]c3=O)[nH]c2c1. The van der Waals surface area contributed by atoms with E-state index >= 15 is 0 Å². The number of nitrogens with two attached hydrogens (primary N) is 1. The first kappa shape index (κ1) is 16.7. The van der Waals surface area contributed by atoms with E-state index in [1.165, 1.54) is 5.56 Å². The molecule has 26 heavy (non-hydrogen) atoms. The molecule has 0 aliphatic rings. The molecular formula is C21H19AsN3O. The number of fused-ring (bicyclic) bond motifs is 1. The summed E-state index contributed by atoms with van der Waals surface area (Å²) < 4.78 is 1.15. The molecule has 4 N–H and O–H groups in total. The van der Waals surface area contributed by atoms with Crippen LogP contribution in [0, 0.1) is 0 Å². The van der Waals surface area contributed by atoms with Crippen LogP contribution in [0.15, 0.2) is 71.7 Å². The fourth-order valence-electron chi connectivity index (χ4n) is 3.09. The second-order valence-electron chi connectivity index (χ2n) is 6.21. The van der Waals surface area contributed by atoms with Crippen LogP contribution in [0.2, 0.25) is 5.21 Å². The summed E-state index contributed by atoms with van der Waals surface area (Å²) in [6.07, 6.45) is 2.79. The van der Waals surface area contributed by atoms with Crippen molar-refractivity contribution >= 4 is 36.7 Å². The van der Waals surface area contributed by atoms with Gasteiger partial charge in [0.1, 0.15) is 0 Å². The van der Waals surface area contributed by atoms with E-state index in [1.807, 2.05) is 36.4 Å². The number of H-pyrrole nitrogens is 2. The van der Waals surface area contributed by atoms with Crippen LogP contribution >= 0.6 is 0 Å². The van der Waals surface area contributed by atoms with E-state index in [0.717, 1.165) is 38.1 Å². The molecule has 2 aromatic heterocycles. The van der Waals surface area contributed by atoms with Crippen molar-refractivity contribution in [1.82, 2.24) is 9.97 Å². The summed E-state index contributed by atoms with van der Waals surface area (Å²) in [5.41, 5.74) is 10.5. The van der Waals surface area contributed by atoms with Gasteiger partial charge < -0.3 is 0 Å². The number of aromatic nitrogens is 2. The van der Waals surface area contributed by atoms with Gasteiger partial charge in [0.25, 0.3) is 0 Å². The van der Waals surface area contributed by atoms with Gasteiger partial charge in [-0.3, -0.25) is 0 Å². The van der Waals surface area contributed by atoms with E-state index in [2.05, 4.69) is 34.2 Å². The predicted octanol–water partition coefficient (Wildman–Crippen LogP) is 3.10. The molecule has 0 spiro atoms. The van der Waals surface area contributed by atoms with Crippen molar-refractivity contribution in [2.75, 3.05) is 5.73 Å². The van der Waals surface area contributed by atoms with E-state index < -0.39 is 0 Å². The Kier molecular flexibility index (Phi) is 4.68. The van der Waals surface area contributed by atoms with Crippen LogP contribution in [0.25, 0.3) is 22.2 Å². The Morgan fingerprint density at radius 1 is 1.00 bits per heavy atom. The molecule has 0 unspecified atom stereocenters. The van der Waals surface area contributed by atoms with Gasteiger partial charge in [0.15, 0.2) is 0 Å². The van der Waals surface area contributed by atoms with Crippen molar-refractivity contribution in [1.29, 1.82) is 0 Å². The van der Waals surface area contributed by atoms with Crippen LogP contribution in [0.4, 0.5) is 5.69 Å². The summed E-state index contributed by atoms with van der Waals surface area (Å²) >= 11 is -0.0994. The van der Waals surface area contributed by atoms with E-state index in [1.54, 1.807) is 6.20 Å². The second-order valence-corrected chi connectivity index (χ2v) is 8.83. The molecule has 0 saturated carbocycles. The number of nitrogens with one attached hydrogen (secondary N) is 2. The van der Waals surface area contributed by atoms with Crippen molar-refractivity contribution in [3.05, 3.63) is 82.8 Å². The van der Waals surface area contributed by atoms with E-state index in [4.69, 9.17) is 5.73 Å². The summed E-state index contributed by atoms with van der Waals surface area (Å²) in [6.45, 7) is 0. The molecule has 0 aliphatic heterocycles. The van der Waals surface area contributed by atoms with Gasteiger partial charge in [-0.1, -0.05) is 0 Å². The molecule has 0 bridgehead atoms. The number of benzene rings is 2. The number of hydrogen-bond donors (Lipinski definition) is 3. The summed E-state index contributed by atoms with van der Waals surface area (Å²) in [5, 5.41) is 2.15. The van der Waals surface area contributed by atoms with Gasteiger partial charge in [-0.2, -0.15) is 0 Å². The Hall–Kier alpha value is -2.71. The minimum atomic E-state index is -0.0994. The first-order valence-corrected chi connectivity index (χ1v) is 10.8. The van der Waals surface area contributed by atoms with Crippen LogP contribution in [0.3, 0.4) is 0 Å². The first-order valence-electron chi connectivity index (χ1n) is 8.52. The van der Waals surface area contributed by atoms with Crippen LogP contribution in [-0.4, -0.2) is 25.7 Å². The molecule has 4 nitrogen and oxygen atoms in total. The maximum absolute atomic E-state index is 12.5. The van der Waals surface area contributed by atoms with Crippen molar-refractivity contribution in [2.24, 2.45) is 0 Å². The third-order valence-electron chi connectivity index (χ3n) is 4.38. The standard InChI is InChI=1S/C21H19AsN3O/c23-16-7-6-15-12-19(25-18(15)13-16)20-17(9-11-24-21(20)26)22-10-8-14-4-2-1-3-5-14/h1-7,9,11-13,25H,8,10,23H2,(H,24,26). The predicted molar refractivity (Wildman–Crippen MR) is 109 cm³/mol. The number of rotatable bonds is 5. The fraction of sp³-hybridized carbons (Fsp3) is 0.0952. The number of hydrogen-bond acceptors (Lipinski definition) is 2. The fourth-order valence-corrected chi connectivity index (χ4v) is 5.55. The molecule has 0 atom stereocenters. The number of aromatic amines is 2. The zero-order chi connectivity index (χ0) is 17.9. The Balaban J connectivity index is 1.64. The van der Waals surface area contributed by atoms with Gasteiger partial charge in [-0.05, 0) is 0 Å². The summed E-state index contributed by atoms with van der Waals surface area (Å²) in [6, 6.07) is 20.3. The van der Waals surface area contributed by atoms with Gasteiger partial charge in [0.05, 0.1) is 0 Å². The third-order valence-corrected chi connectivity index (χ3v) is 6.82. The Bertz CT molecular complexity index is 1100. The molecule has 0 amide bonds. The van der Waals surface area contributed by atoms with Gasteiger partial charge in [-0.25, -0.2) is 0 Å². The molecule has 2 aromatic carbocycles. The van der Waals surface area contributed by atoms with Crippen molar-refractivity contribution in [3.63, 3.8) is 0 Å². The van der Waals surface area contributed by atoms with Gasteiger partial charge in [0, 0.05) is 0 Å². The van der Waals surface area contributed by atoms with E-state index in [-0.39, 0.29) is 21.3 Å². The molecule has 4 aromatic rings. The van der Waals surface area contributed by atoms with Crippen molar-refractivity contribution in [3.8, 4) is 11.3 Å². The number of nitrogen functional groups attached to an aromatic ring is 1. The van der Waals surface area contributed by atoms with Gasteiger partial charge >= 0.3 is 158 Å². The number of pyridine rings is 1. The molecule has 0 saturated heterocycles. The maximum atomic E-state index is 12.5. The van der Waals surface area contributed by atoms with Gasteiger partial charge in [0.2, 0.25) is 0 Å². The van der Waals surface area contributed by atoms with Crippen LogP contribution in [0.1, 0.15) is 5.56 Å². The van der Waals surface area contributed by atoms with Gasteiger partial charge in [-0.15, -0.1) is 0 Å². The van der Waals surface area contributed by atoms with Crippen molar-refractivity contribution in [2.45, 2.75) is 11.6 Å². The van der Waals surface area contributed by atoms with Crippen LogP contribution in [0.5, 0.6) is 0 Å². The molecule has 0 aliphatic carbocycles. The Morgan fingerprint density at radius 3 is 2.69 bits per heavy atom. The number of aryl methyl sites for hydroxylation is 1. The Labute approximate surface area is 158 Å². The second kappa shape index (κ2) is 7.26. The Morgan fingerprint density at radius 2 is 1.85 bits per heavy atom. The summed E-state index contributed by atoms with van der Waals surface area (Å²) in [7, 11) is 0. The monoisotopic (exact) mass is 404 g/mol. The van der Waals surface area contributed by atoms with E-state index in [0.29, 0.717) is 5.69 Å². The quantitative estimate of drug-likeness (QED) is 0.353.